The summed E-state index contributed by atoms with van der Waals surface area (Å²) in [6.07, 6.45) is 0. The first kappa shape index (κ1) is 17.9. The Morgan fingerprint density at radius 3 is 2.46 bits per heavy atom. The van der Waals surface area contributed by atoms with E-state index in [1.165, 1.54) is 5.56 Å². The van der Waals surface area contributed by atoms with E-state index >= 15 is 0 Å². The van der Waals surface area contributed by atoms with Gasteiger partial charge in [-0.05, 0) is 42.2 Å². The first-order valence-corrected chi connectivity index (χ1v) is 8.61. The molecular formula is C21H23N3O2. The van der Waals surface area contributed by atoms with Crippen molar-refractivity contribution < 1.29 is 9.21 Å². The Kier molecular flexibility index (Phi) is 4.89. The van der Waals surface area contributed by atoms with Gasteiger partial charge in [-0.2, -0.15) is 0 Å². The fraction of sp³-hybridized carbons (Fsp3) is 0.286. The topological polar surface area (TPSA) is 68.0 Å². The summed E-state index contributed by atoms with van der Waals surface area (Å²) in [5.41, 5.74) is 3.84. The van der Waals surface area contributed by atoms with Crippen LogP contribution in [0.3, 0.4) is 0 Å². The number of aryl methyl sites for hydroxylation is 1. The molecule has 1 aromatic heterocycles. The monoisotopic (exact) mass is 349 g/mol. The molecule has 5 heteroatoms. The Hall–Kier alpha value is -2.95. The minimum atomic E-state index is -0.166. The predicted molar refractivity (Wildman–Crippen MR) is 101 cm³/mol. The second kappa shape index (κ2) is 7.12. The van der Waals surface area contributed by atoms with E-state index < -0.39 is 0 Å². The SMILES string of the molecule is Cc1cccc(-c2nnc(CNC(=O)c3ccc(C(C)(C)C)cc3)o2)c1. The summed E-state index contributed by atoms with van der Waals surface area (Å²) in [6, 6.07) is 15.5. The van der Waals surface area contributed by atoms with Gasteiger partial charge in [0.1, 0.15) is 0 Å². The average molecular weight is 349 g/mol. The number of benzene rings is 2. The number of amides is 1. The van der Waals surface area contributed by atoms with Gasteiger partial charge in [0.05, 0.1) is 6.54 Å². The molecule has 0 bridgehead atoms. The molecule has 2 aromatic carbocycles. The van der Waals surface area contributed by atoms with E-state index in [1.54, 1.807) is 0 Å². The predicted octanol–water partition coefficient (Wildman–Crippen LogP) is 4.27. The first-order valence-electron chi connectivity index (χ1n) is 8.61. The van der Waals surface area contributed by atoms with Crippen LogP contribution in [0.25, 0.3) is 11.5 Å². The number of aromatic nitrogens is 2. The Labute approximate surface area is 153 Å². The molecule has 5 nitrogen and oxygen atoms in total. The van der Waals surface area contributed by atoms with Crippen LogP contribution in [0.4, 0.5) is 0 Å². The number of nitrogens with one attached hydrogen (secondary N) is 1. The third-order valence-corrected chi connectivity index (χ3v) is 4.15. The number of nitrogens with zero attached hydrogens (tertiary/aromatic N) is 2. The summed E-state index contributed by atoms with van der Waals surface area (Å²) in [6.45, 7) is 8.63. The minimum Gasteiger partial charge on any atom is -0.419 e. The molecule has 0 aliphatic heterocycles. The van der Waals surface area contributed by atoms with E-state index in [0.29, 0.717) is 17.3 Å². The van der Waals surface area contributed by atoms with E-state index in [4.69, 9.17) is 4.42 Å². The van der Waals surface area contributed by atoms with Crippen LogP contribution in [0.15, 0.2) is 52.9 Å². The van der Waals surface area contributed by atoms with E-state index in [0.717, 1.165) is 11.1 Å². The molecule has 1 N–H and O–H groups in total. The maximum Gasteiger partial charge on any atom is 0.251 e. The highest BCUT2D eigenvalue weighted by Gasteiger charge is 2.15. The largest absolute Gasteiger partial charge is 0.419 e. The molecule has 0 spiro atoms. The van der Waals surface area contributed by atoms with Crippen molar-refractivity contribution in [3.8, 4) is 11.5 Å². The molecule has 3 aromatic rings. The van der Waals surface area contributed by atoms with Gasteiger partial charge in [0.15, 0.2) is 0 Å². The third-order valence-electron chi connectivity index (χ3n) is 4.15. The zero-order valence-electron chi connectivity index (χ0n) is 15.5. The molecule has 0 fully saturated rings. The number of carbonyl (C=O) groups is 1. The van der Waals surface area contributed by atoms with E-state index in [9.17, 15) is 4.79 Å². The summed E-state index contributed by atoms with van der Waals surface area (Å²) < 4.78 is 5.64. The Balaban J connectivity index is 1.63. The lowest BCUT2D eigenvalue weighted by atomic mass is 9.87. The van der Waals surface area contributed by atoms with E-state index in [1.807, 2.05) is 55.5 Å². The summed E-state index contributed by atoms with van der Waals surface area (Å²) in [5, 5.41) is 10.9. The number of hydrogen-bond acceptors (Lipinski definition) is 4. The highest BCUT2D eigenvalue weighted by Crippen LogP contribution is 2.22. The van der Waals surface area contributed by atoms with Crippen LogP contribution >= 0.6 is 0 Å². The van der Waals surface area contributed by atoms with Crippen molar-refractivity contribution in [3.63, 3.8) is 0 Å². The maximum absolute atomic E-state index is 12.3. The van der Waals surface area contributed by atoms with Gasteiger partial charge >= 0.3 is 0 Å². The van der Waals surface area contributed by atoms with Crippen molar-refractivity contribution in [2.24, 2.45) is 0 Å². The fourth-order valence-electron chi connectivity index (χ4n) is 2.60. The maximum atomic E-state index is 12.3. The summed E-state index contributed by atoms with van der Waals surface area (Å²) >= 11 is 0. The zero-order chi connectivity index (χ0) is 18.7. The van der Waals surface area contributed by atoms with Gasteiger partial charge in [-0.3, -0.25) is 4.79 Å². The van der Waals surface area contributed by atoms with Gasteiger partial charge in [-0.15, -0.1) is 10.2 Å². The molecule has 1 amide bonds. The standard InChI is InChI=1S/C21H23N3O2/c1-14-6-5-7-16(12-14)20-24-23-18(26-20)13-22-19(25)15-8-10-17(11-9-15)21(2,3)4/h5-12H,13H2,1-4H3,(H,22,25). The molecule has 134 valence electrons. The zero-order valence-corrected chi connectivity index (χ0v) is 15.5. The number of rotatable bonds is 4. The Bertz CT molecular complexity index is 906. The Morgan fingerprint density at radius 2 is 1.81 bits per heavy atom. The molecular weight excluding hydrogens is 326 g/mol. The van der Waals surface area contributed by atoms with Gasteiger partial charge in [0.2, 0.25) is 11.8 Å². The van der Waals surface area contributed by atoms with Crippen LogP contribution in [0.5, 0.6) is 0 Å². The van der Waals surface area contributed by atoms with Crippen LogP contribution in [0.2, 0.25) is 0 Å². The third kappa shape index (κ3) is 4.17. The molecule has 26 heavy (non-hydrogen) atoms. The van der Waals surface area contributed by atoms with Crippen molar-refractivity contribution >= 4 is 5.91 Å². The molecule has 3 rings (SSSR count). The lowest BCUT2D eigenvalue weighted by Gasteiger charge is -2.18. The molecule has 0 atom stereocenters. The van der Waals surface area contributed by atoms with Crippen LogP contribution in [-0.4, -0.2) is 16.1 Å². The second-order valence-corrected chi connectivity index (χ2v) is 7.38. The highest BCUT2D eigenvalue weighted by molar-refractivity contribution is 5.94. The van der Waals surface area contributed by atoms with Crippen molar-refractivity contribution in [1.29, 1.82) is 0 Å². The van der Waals surface area contributed by atoms with Crippen molar-refractivity contribution in [3.05, 3.63) is 71.1 Å². The first-order chi connectivity index (χ1) is 12.3. The molecule has 0 aliphatic rings. The normalized spacial score (nSPS) is 11.4. The van der Waals surface area contributed by atoms with Crippen LogP contribution in [0.1, 0.15) is 48.1 Å². The lowest BCUT2D eigenvalue weighted by Crippen LogP contribution is -2.23. The summed E-state index contributed by atoms with van der Waals surface area (Å²) in [5.74, 6) is 0.661. The van der Waals surface area contributed by atoms with Gasteiger partial charge in [-0.1, -0.05) is 50.6 Å². The van der Waals surface area contributed by atoms with Crippen molar-refractivity contribution in [1.82, 2.24) is 15.5 Å². The highest BCUT2D eigenvalue weighted by atomic mass is 16.4. The van der Waals surface area contributed by atoms with Crippen LogP contribution < -0.4 is 5.32 Å². The van der Waals surface area contributed by atoms with Crippen molar-refractivity contribution in [2.45, 2.75) is 39.7 Å². The minimum absolute atomic E-state index is 0.0605. The second-order valence-electron chi connectivity index (χ2n) is 7.38. The average Bonchev–Trinajstić information content (AvgIpc) is 3.08. The van der Waals surface area contributed by atoms with Gasteiger partial charge in [0, 0.05) is 11.1 Å². The van der Waals surface area contributed by atoms with Crippen LogP contribution in [-0.2, 0) is 12.0 Å². The fourth-order valence-corrected chi connectivity index (χ4v) is 2.60. The Morgan fingerprint density at radius 1 is 1.08 bits per heavy atom. The molecule has 0 saturated heterocycles. The summed E-state index contributed by atoms with van der Waals surface area (Å²) in [7, 11) is 0. The molecule has 1 heterocycles. The van der Waals surface area contributed by atoms with Gasteiger partial charge < -0.3 is 9.73 Å². The van der Waals surface area contributed by atoms with E-state index in [-0.39, 0.29) is 17.9 Å². The number of carbonyl (C=O) groups excluding carboxylic acids is 1. The van der Waals surface area contributed by atoms with E-state index in [2.05, 4.69) is 36.3 Å². The van der Waals surface area contributed by atoms with Gasteiger partial charge in [0.25, 0.3) is 5.91 Å². The lowest BCUT2D eigenvalue weighted by molar-refractivity contribution is 0.0947. The van der Waals surface area contributed by atoms with Crippen LogP contribution in [0, 0.1) is 6.92 Å². The molecule has 0 aliphatic carbocycles. The smallest absolute Gasteiger partial charge is 0.251 e. The molecule has 0 unspecified atom stereocenters. The quantitative estimate of drug-likeness (QED) is 0.764. The molecule has 0 radical (unpaired) electrons. The van der Waals surface area contributed by atoms with Crippen molar-refractivity contribution in [2.75, 3.05) is 0 Å². The summed E-state index contributed by atoms with van der Waals surface area (Å²) in [4.78, 5) is 12.3. The van der Waals surface area contributed by atoms with Gasteiger partial charge in [-0.25, -0.2) is 0 Å². The molecule has 0 saturated carbocycles. The number of hydrogen-bond donors (Lipinski definition) is 1.